The Bertz CT molecular complexity index is 923. The highest BCUT2D eigenvalue weighted by Crippen LogP contribution is 2.42. The van der Waals surface area contributed by atoms with Gasteiger partial charge in [0, 0.05) is 18.0 Å². The monoisotopic (exact) mass is 267 g/mol. The summed E-state index contributed by atoms with van der Waals surface area (Å²) in [6.07, 6.45) is 3.11. The fourth-order valence-electron chi connectivity index (χ4n) is 2.88. The van der Waals surface area contributed by atoms with Gasteiger partial charge in [-0.15, -0.1) is 0 Å². The molecule has 0 bridgehead atoms. The number of hydrogen-bond acceptors (Lipinski definition) is 3. The van der Waals surface area contributed by atoms with Gasteiger partial charge in [-0.3, -0.25) is 14.0 Å². The number of aromatic amines is 1. The van der Waals surface area contributed by atoms with E-state index in [-0.39, 0.29) is 11.2 Å². The predicted molar refractivity (Wildman–Crippen MR) is 70.7 cm³/mol. The molecule has 1 aliphatic rings. The Kier molecular flexibility index (Phi) is 1.96. The molecule has 98 valence electrons. The normalized spacial score (nSPS) is 16.1. The highest BCUT2D eigenvalue weighted by molar-refractivity contribution is 5.91. The molecule has 1 aromatic carbocycles. The van der Waals surface area contributed by atoms with E-state index in [1.807, 2.05) is 12.1 Å². The first-order valence-electron chi connectivity index (χ1n) is 6.10. The molecule has 0 aliphatic heterocycles. The number of imidazole rings is 1. The molecule has 1 aliphatic carbocycles. The van der Waals surface area contributed by atoms with Crippen molar-refractivity contribution in [3.8, 4) is 11.3 Å². The number of fused-ring (bicyclic) bond motifs is 5. The molecular formula is C14H9N3O3. The number of carboxylic acid groups (broad SMARTS) is 1. The van der Waals surface area contributed by atoms with Crippen molar-refractivity contribution in [2.75, 3.05) is 0 Å². The van der Waals surface area contributed by atoms with Gasteiger partial charge < -0.3 is 10.1 Å². The topological polar surface area (TPSA) is 87.5 Å². The molecule has 2 aromatic heterocycles. The van der Waals surface area contributed by atoms with Crippen LogP contribution < -0.4 is 5.56 Å². The van der Waals surface area contributed by atoms with E-state index in [4.69, 9.17) is 0 Å². The number of hydrogen-bond donors (Lipinski definition) is 2. The van der Waals surface area contributed by atoms with Crippen molar-refractivity contribution >= 4 is 11.6 Å². The quantitative estimate of drug-likeness (QED) is 0.694. The average molecular weight is 267 g/mol. The second-order valence-electron chi connectivity index (χ2n) is 4.69. The summed E-state index contributed by atoms with van der Waals surface area (Å²) < 4.78 is 1.56. The van der Waals surface area contributed by atoms with Gasteiger partial charge in [-0.05, 0) is 5.56 Å². The van der Waals surface area contributed by atoms with Gasteiger partial charge in [0.05, 0.1) is 11.4 Å². The van der Waals surface area contributed by atoms with Crippen LogP contribution >= 0.6 is 0 Å². The molecule has 1 unspecified atom stereocenters. The van der Waals surface area contributed by atoms with E-state index in [0.717, 1.165) is 5.56 Å². The van der Waals surface area contributed by atoms with Crippen LogP contribution in [0.5, 0.6) is 0 Å². The van der Waals surface area contributed by atoms with E-state index in [9.17, 15) is 14.7 Å². The van der Waals surface area contributed by atoms with Crippen LogP contribution in [-0.4, -0.2) is 25.4 Å². The third-order valence-corrected chi connectivity index (χ3v) is 3.66. The van der Waals surface area contributed by atoms with Gasteiger partial charge in [0.2, 0.25) is 5.65 Å². The summed E-state index contributed by atoms with van der Waals surface area (Å²) in [5.74, 6) is -1.74. The molecule has 0 spiro atoms. The molecule has 1 atom stereocenters. The maximum Gasteiger partial charge on any atom is 0.317 e. The first-order valence-corrected chi connectivity index (χ1v) is 6.10. The summed E-state index contributed by atoms with van der Waals surface area (Å²) in [6.45, 7) is 0. The Morgan fingerprint density at radius 1 is 1.35 bits per heavy atom. The van der Waals surface area contributed by atoms with Crippen molar-refractivity contribution in [2.24, 2.45) is 0 Å². The van der Waals surface area contributed by atoms with Crippen molar-refractivity contribution in [3.05, 3.63) is 58.3 Å². The number of aromatic nitrogens is 3. The number of H-pyrrole nitrogens is 1. The van der Waals surface area contributed by atoms with E-state index in [2.05, 4.69) is 9.97 Å². The third kappa shape index (κ3) is 1.20. The Labute approximate surface area is 112 Å². The van der Waals surface area contributed by atoms with Gasteiger partial charge in [0.15, 0.2) is 0 Å². The van der Waals surface area contributed by atoms with Crippen LogP contribution in [0, 0.1) is 0 Å². The molecule has 6 nitrogen and oxygen atoms in total. The van der Waals surface area contributed by atoms with E-state index >= 15 is 0 Å². The minimum absolute atomic E-state index is 0.211. The van der Waals surface area contributed by atoms with Crippen LogP contribution in [0.4, 0.5) is 0 Å². The summed E-state index contributed by atoms with van der Waals surface area (Å²) in [6, 6.07) is 7.21. The lowest BCUT2D eigenvalue weighted by Crippen LogP contribution is -2.18. The van der Waals surface area contributed by atoms with Crippen molar-refractivity contribution in [1.29, 1.82) is 0 Å². The lowest BCUT2D eigenvalue weighted by molar-refractivity contribution is -0.137. The average Bonchev–Trinajstić information content (AvgIpc) is 3.01. The van der Waals surface area contributed by atoms with Crippen molar-refractivity contribution in [2.45, 2.75) is 5.92 Å². The fourth-order valence-corrected chi connectivity index (χ4v) is 2.88. The number of carboxylic acids is 1. The summed E-state index contributed by atoms with van der Waals surface area (Å²) in [7, 11) is 0. The van der Waals surface area contributed by atoms with Crippen molar-refractivity contribution < 1.29 is 9.90 Å². The number of nitrogens with zero attached hydrogens (tertiary/aromatic N) is 2. The minimum atomic E-state index is -0.946. The van der Waals surface area contributed by atoms with Crippen LogP contribution in [0.3, 0.4) is 0 Å². The Balaban J connectivity index is 2.21. The molecule has 4 rings (SSSR count). The minimum Gasteiger partial charge on any atom is -0.480 e. The van der Waals surface area contributed by atoms with E-state index in [1.165, 1.54) is 6.20 Å². The second-order valence-corrected chi connectivity index (χ2v) is 4.69. The van der Waals surface area contributed by atoms with E-state index in [0.29, 0.717) is 17.0 Å². The lowest BCUT2D eigenvalue weighted by atomic mass is 10.0. The molecule has 0 saturated carbocycles. The summed E-state index contributed by atoms with van der Waals surface area (Å²) in [5, 5.41) is 9.55. The second kappa shape index (κ2) is 3.57. The maximum absolute atomic E-state index is 12.0. The van der Waals surface area contributed by atoms with Gasteiger partial charge in [0.25, 0.3) is 5.56 Å². The Morgan fingerprint density at radius 3 is 2.95 bits per heavy atom. The highest BCUT2D eigenvalue weighted by atomic mass is 16.4. The standard InChI is InChI=1S/C14H9N3O3/c18-13-12-15-5-6-17(12)11-9(14(19)20)7-3-1-2-4-8(7)10(11)16-13/h1-6,9H,(H,16,18)(H,19,20). The maximum atomic E-state index is 12.0. The van der Waals surface area contributed by atoms with Gasteiger partial charge in [-0.25, -0.2) is 4.98 Å². The van der Waals surface area contributed by atoms with E-state index < -0.39 is 11.9 Å². The van der Waals surface area contributed by atoms with Crippen LogP contribution in [0.2, 0.25) is 0 Å². The molecule has 0 saturated heterocycles. The number of benzene rings is 1. The third-order valence-electron chi connectivity index (χ3n) is 3.66. The molecule has 0 fully saturated rings. The first kappa shape index (κ1) is 11.0. The molecule has 6 heteroatoms. The van der Waals surface area contributed by atoms with Crippen LogP contribution in [0.1, 0.15) is 17.2 Å². The van der Waals surface area contributed by atoms with Crippen LogP contribution in [-0.2, 0) is 4.79 Å². The zero-order valence-corrected chi connectivity index (χ0v) is 10.2. The smallest absolute Gasteiger partial charge is 0.317 e. The zero-order valence-electron chi connectivity index (χ0n) is 10.2. The zero-order chi connectivity index (χ0) is 13.9. The predicted octanol–water partition coefficient (Wildman–Crippen LogP) is 1.22. The fraction of sp³-hybridized carbons (Fsp3) is 0.0714. The van der Waals surface area contributed by atoms with Gasteiger partial charge in [-0.1, -0.05) is 24.3 Å². The van der Waals surface area contributed by atoms with Crippen molar-refractivity contribution in [3.63, 3.8) is 0 Å². The number of nitrogens with one attached hydrogen (secondary N) is 1. The molecule has 0 radical (unpaired) electrons. The van der Waals surface area contributed by atoms with Gasteiger partial charge in [-0.2, -0.15) is 0 Å². The molecule has 0 amide bonds. The van der Waals surface area contributed by atoms with E-state index in [1.54, 1.807) is 22.7 Å². The van der Waals surface area contributed by atoms with Gasteiger partial charge in [0.1, 0.15) is 5.92 Å². The largest absolute Gasteiger partial charge is 0.480 e. The number of rotatable bonds is 1. The number of aliphatic carboxylic acids is 1. The Morgan fingerprint density at radius 2 is 2.15 bits per heavy atom. The molecule has 3 aromatic rings. The van der Waals surface area contributed by atoms with Crippen molar-refractivity contribution in [1.82, 2.24) is 14.4 Å². The Hall–Kier alpha value is -2.89. The van der Waals surface area contributed by atoms with Crippen LogP contribution in [0.15, 0.2) is 41.5 Å². The molecule has 2 N–H and O–H groups in total. The first-order chi connectivity index (χ1) is 9.68. The lowest BCUT2D eigenvalue weighted by Gasteiger charge is -2.09. The molecule has 20 heavy (non-hydrogen) atoms. The van der Waals surface area contributed by atoms with Gasteiger partial charge >= 0.3 is 5.97 Å². The van der Waals surface area contributed by atoms with Crippen LogP contribution in [0.25, 0.3) is 16.9 Å². The highest BCUT2D eigenvalue weighted by Gasteiger charge is 2.37. The molecular weight excluding hydrogens is 258 g/mol. The summed E-state index contributed by atoms with van der Waals surface area (Å²) >= 11 is 0. The molecule has 2 heterocycles. The number of carbonyl (C=O) groups is 1. The summed E-state index contributed by atoms with van der Waals surface area (Å²) in [4.78, 5) is 30.4. The summed E-state index contributed by atoms with van der Waals surface area (Å²) in [5.41, 5.74) is 2.43. The SMILES string of the molecule is O=C(O)C1c2ccccc2-c2[nH]c(=O)c3nccn3c21.